The SMILES string of the molecule is CCCCCCCCCCCCCCCCCC(=O)OC[C@@H](COC(=O)CCCCCCCCCCCCC(C)C)OC(=O)CCCCCCCCCCCCCCCCC(C)C. The molecule has 0 amide bonds. The fourth-order valence-electron chi connectivity index (χ4n) is 8.70. The molecule has 6 nitrogen and oxygen atoms in total. The first-order valence-electron chi connectivity index (χ1n) is 28.2. The summed E-state index contributed by atoms with van der Waals surface area (Å²) in [6.07, 6.45) is 52.3. The first-order valence-corrected chi connectivity index (χ1v) is 28.2. The summed E-state index contributed by atoms with van der Waals surface area (Å²) in [7, 11) is 0. The van der Waals surface area contributed by atoms with Crippen LogP contribution in [-0.4, -0.2) is 37.2 Å². The molecule has 63 heavy (non-hydrogen) atoms. The maximum atomic E-state index is 12.8. The van der Waals surface area contributed by atoms with E-state index in [1.165, 1.54) is 205 Å². The number of carbonyl (C=O) groups is 3. The summed E-state index contributed by atoms with van der Waals surface area (Å²) >= 11 is 0. The molecule has 0 N–H and O–H groups in total. The summed E-state index contributed by atoms with van der Waals surface area (Å²) in [6.45, 7) is 11.4. The van der Waals surface area contributed by atoms with E-state index in [0.29, 0.717) is 19.3 Å². The van der Waals surface area contributed by atoms with Gasteiger partial charge in [0.25, 0.3) is 0 Å². The van der Waals surface area contributed by atoms with Gasteiger partial charge in [-0.15, -0.1) is 0 Å². The molecule has 0 aliphatic carbocycles. The van der Waals surface area contributed by atoms with Gasteiger partial charge in [0, 0.05) is 19.3 Å². The highest BCUT2D eigenvalue weighted by Gasteiger charge is 2.19. The van der Waals surface area contributed by atoms with Crippen molar-refractivity contribution in [2.45, 2.75) is 323 Å². The van der Waals surface area contributed by atoms with Crippen molar-refractivity contribution in [3.8, 4) is 0 Å². The van der Waals surface area contributed by atoms with Crippen LogP contribution >= 0.6 is 0 Å². The topological polar surface area (TPSA) is 78.9 Å². The molecule has 0 spiro atoms. The Bertz CT molecular complexity index is 962. The molecule has 0 saturated carbocycles. The van der Waals surface area contributed by atoms with Crippen LogP contribution < -0.4 is 0 Å². The minimum absolute atomic E-state index is 0.0629. The van der Waals surface area contributed by atoms with Crippen LogP contribution in [0.4, 0.5) is 0 Å². The molecule has 0 aliphatic heterocycles. The second-order valence-corrected chi connectivity index (χ2v) is 20.5. The highest BCUT2D eigenvalue weighted by Crippen LogP contribution is 2.18. The number of unbranched alkanes of at least 4 members (excludes halogenated alkanes) is 36. The highest BCUT2D eigenvalue weighted by atomic mass is 16.6. The molecule has 0 unspecified atom stereocenters. The van der Waals surface area contributed by atoms with E-state index in [9.17, 15) is 14.4 Å². The standard InChI is InChI=1S/C57H110O6/c1-6-7-8-9-10-11-12-13-14-18-21-27-32-37-42-47-55(58)61-50-54(51-62-56(59)48-43-38-33-28-24-23-26-31-36-41-46-53(4)5)63-57(60)49-44-39-34-29-22-19-16-15-17-20-25-30-35-40-45-52(2)3/h52-54H,6-51H2,1-5H3/t54-/m0/s1. The van der Waals surface area contributed by atoms with Gasteiger partial charge in [0.2, 0.25) is 0 Å². The zero-order chi connectivity index (χ0) is 46.1. The van der Waals surface area contributed by atoms with Gasteiger partial charge in [-0.1, -0.05) is 279 Å². The predicted octanol–water partition coefficient (Wildman–Crippen LogP) is 18.5. The molecular weight excluding hydrogens is 781 g/mol. The van der Waals surface area contributed by atoms with Gasteiger partial charge >= 0.3 is 17.9 Å². The monoisotopic (exact) mass is 891 g/mol. The number of rotatable bonds is 51. The number of esters is 3. The fourth-order valence-corrected chi connectivity index (χ4v) is 8.70. The van der Waals surface area contributed by atoms with Gasteiger partial charge in [0.1, 0.15) is 13.2 Å². The van der Waals surface area contributed by atoms with E-state index < -0.39 is 6.10 Å². The molecule has 6 heteroatoms. The Morgan fingerprint density at radius 2 is 0.524 bits per heavy atom. The summed E-state index contributed by atoms with van der Waals surface area (Å²) in [5, 5.41) is 0. The Labute approximate surface area is 393 Å². The third kappa shape index (κ3) is 51.3. The summed E-state index contributed by atoms with van der Waals surface area (Å²) in [4.78, 5) is 38.1. The highest BCUT2D eigenvalue weighted by molar-refractivity contribution is 5.71. The van der Waals surface area contributed by atoms with E-state index in [1.807, 2.05) is 0 Å². The summed E-state index contributed by atoms with van der Waals surface area (Å²) in [6, 6.07) is 0. The summed E-state index contributed by atoms with van der Waals surface area (Å²) in [5.41, 5.74) is 0. The maximum absolute atomic E-state index is 12.8. The van der Waals surface area contributed by atoms with Crippen molar-refractivity contribution >= 4 is 17.9 Å². The molecule has 1 atom stereocenters. The van der Waals surface area contributed by atoms with Crippen molar-refractivity contribution < 1.29 is 28.6 Å². The van der Waals surface area contributed by atoms with E-state index in [-0.39, 0.29) is 31.1 Å². The second-order valence-electron chi connectivity index (χ2n) is 20.5. The molecule has 0 rings (SSSR count). The Morgan fingerprint density at radius 3 is 0.778 bits per heavy atom. The Balaban J connectivity index is 4.30. The van der Waals surface area contributed by atoms with Crippen LogP contribution in [0.5, 0.6) is 0 Å². The number of hydrogen-bond acceptors (Lipinski definition) is 6. The summed E-state index contributed by atoms with van der Waals surface area (Å²) in [5.74, 6) is 0.821. The van der Waals surface area contributed by atoms with Crippen LogP contribution in [0.2, 0.25) is 0 Å². The third-order valence-electron chi connectivity index (χ3n) is 13.0. The normalized spacial score (nSPS) is 12.0. The Morgan fingerprint density at radius 1 is 0.302 bits per heavy atom. The van der Waals surface area contributed by atoms with Gasteiger partial charge in [-0.25, -0.2) is 0 Å². The molecular formula is C57H110O6. The largest absolute Gasteiger partial charge is 0.462 e. The molecule has 0 saturated heterocycles. The lowest BCUT2D eigenvalue weighted by Crippen LogP contribution is -2.30. The van der Waals surface area contributed by atoms with Gasteiger partial charge < -0.3 is 14.2 Å². The summed E-state index contributed by atoms with van der Waals surface area (Å²) < 4.78 is 16.9. The lowest BCUT2D eigenvalue weighted by Gasteiger charge is -2.18. The zero-order valence-corrected chi connectivity index (χ0v) is 43.2. The maximum Gasteiger partial charge on any atom is 0.306 e. The van der Waals surface area contributed by atoms with Crippen LogP contribution in [0.25, 0.3) is 0 Å². The minimum Gasteiger partial charge on any atom is -0.462 e. The average Bonchev–Trinajstić information content (AvgIpc) is 3.25. The fraction of sp³-hybridized carbons (Fsp3) is 0.947. The average molecular weight is 892 g/mol. The van der Waals surface area contributed by atoms with Crippen LogP contribution in [0.1, 0.15) is 317 Å². The van der Waals surface area contributed by atoms with E-state index in [0.717, 1.165) is 69.6 Å². The van der Waals surface area contributed by atoms with Gasteiger partial charge in [-0.05, 0) is 31.1 Å². The zero-order valence-electron chi connectivity index (χ0n) is 43.2. The Kier molecular flexibility index (Phi) is 48.6. The van der Waals surface area contributed by atoms with E-state index in [4.69, 9.17) is 14.2 Å². The van der Waals surface area contributed by atoms with Crippen molar-refractivity contribution in [3.05, 3.63) is 0 Å². The van der Waals surface area contributed by atoms with Gasteiger partial charge in [-0.3, -0.25) is 14.4 Å². The predicted molar refractivity (Wildman–Crippen MR) is 270 cm³/mol. The van der Waals surface area contributed by atoms with Crippen molar-refractivity contribution in [2.24, 2.45) is 11.8 Å². The van der Waals surface area contributed by atoms with E-state index >= 15 is 0 Å². The lowest BCUT2D eigenvalue weighted by molar-refractivity contribution is -0.167. The number of carbonyl (C=O) groups excluding carboxylic acids is 3. The third-order valence-corrected chi connectivity index (χ3v) is 13.0. The van der Waals surface area contributed by atoms with Crippen LogP contribution in [0, 0.1) is 11.8 Å². The van der Waals surface area contributed by atoms with Crippen LogP contribution in [0.3, 0.4) is 0 Å². The van der Waals surface area contributed by atoms with Crippen molar-refractivity contribution in [3.63, 3.8) is 0 Å². The molecule has 0 heterocycles. The van der Waals surface area contributed by atoms with Crippen molar-refractivity contribution in [2.75, 3.05) is 13.2 Å². The van der Waals surface area contributed by atoms with Crippen molar-refractivity contribution in [1.82, 2.24) is 0 Å². The first-order chi connectivity index (χ1) is 30.7. The quantitative estimate of drug-likeness (QED) is 0.0344. The molecule has 0 aromatic rings. The van der Waals surface area contributed by atoms with Crippen molar-refractivity contribution in [1.29, 1.82) is 0 Å². The molecule has 0 fully saturated rings. The van der Waals surface area contributed by atoms with Crippen LogP contribution in [-0.2, 0) is 28.6 Å². The van der Waals surface area contributed by atoms with Gasteiger partial charge in [0.05, 0.1) is 0 Å². The molecule has 0 aromatic heterocycles. The Hall–Kier alpha value is -1.59. The van der Waals surface area contributed by atoms with Gasteiger partial charge in [-0.2, -0.15) is 0 Å². The van der Waals surface area contributed by atoms with Gasteiger partial charge in [0.15, 0.2) is 6.10 Å². The number of hydrogen-bond donors (Lipinski definition) is 0. The van der Waals surface area contributed by atoms with E-state index in [1.54, 1.807) is 0 Å². The molecule has 0 bridgehead atoms. The smallest absolute Gasteiger partial charge is 0.306 e. The lowest BCUT2D eigenvalue weighted by atomic mass is 10.0. The molecule has 0 aromatic carbocycles. The molecule has 374 valence electrons. The minimum atomic E-state index is -0.762. The molecule has 0 aliphatic rings. The van der Waals surface area contributed by atoms with Crippen LogP contribution in [0.15, 0.2) is 0 Å². The first kappa shape index (κ1) is 61.4. The number of ether oxygens (including phenoxy) is 3. The van der Waals surface area contributed by atoms with E-state index in [2.05, 4.69) is 34.6 Å². The molecule has 0 radical (unpaired) electrons. The second kappa shape index (κ2) is 49.8.